The maximum Gasteiger partial charge on any atom is 0.323 e. The standard InChI is InChI=1S/C18H24N2O3S/c1-10-11(2)24-17(20(10)9-15(21)22)19-16(23)18-6-12-3-13(7-18)5-14(4-12)8-18/h12-14H,3-9H2,1-2H3,(H,21,22)/b19-17-. The van der Waals surface area contributed by atoms with E-state index in [9.17, 15) is 9.59 Å². The summed E-state index contributed by atoms with van der Waals surface area (Å²) in [5, 5.41) is 9.15. The third-order valence-electron chi connectivity index (χ3n) is 6.37. The van der Waals surface area contributed by atoms with Crippen molar-refractivity contribution in [2.24, 2.45) is 28.2 Å². The number of aromatic nitrogens is 1. The molecule has 1 heterocycles. The van der Waals surface area contributed by atoms with Crippen LogP contribution in [-0.2, 0) is 16.1 Å². The Morgan fingerprint density at radius 3 is 2.21 bits per heavy atom. The fourth-order valence-corrected chi connectivity index (χ4v) is 6.55. The first-order valence-corrected chi connectivity index (χ1v) is 9.66. The summed E-state index contributed by atoms with van der Waals surface area (Å²) in [4.78, 5) is 30.3. The van der Waals surface area contributed by atoms with Gasteiger partial charge in [0.25, 0.3) is 5.91 Å². The van der Waals surface area contributed by atoms with Crippen LogP contribution in [0.1, 0.15) is 49.1 Å². The summed E-state index contributed by atoms with van der Waals surface area (Å²) in [7, 11) is 0. The Morgan fingerprint density at radius 1 is 1.17 bits per heavy atom. The normalized spacial score (nSPS) is 34.8. The minimum absolute atomic E-state index is 0.00184. The number of amides is 1. The number of thiazole rings is 1. The van der Waals surface area contributed by atoms with E-state index in [4.69, 9.17) is 5.11 Å². The monoisotopic (exact) mass is 348 g/mol. The van der Waals surface area contributed by atoms with Gasteiger partial charge in [-0.3, -0.25) is 9.59 Å². The van der Waals surface area contributed by atoms with Gasteiger partial charge in [0.1, 0.15) is 6.54 Å². The summed E-state index contributed by atoms with van der Waals surface area (Å²) < 4.78 is 1.67. The predicted octanol–water partition coefficient (Wildman–Crippen LogP) is 2.89. The summed E-state index contributed by atoms with van der Waals surface area (Å²) in [6, 6.07) is 0. The molecule has 4 saturated carbocycles. The van der Waals surface area contributed by atoms with Crippen molar-refractivity contribution in [3.63, 3.8) is 0 Å². The molecule has 1 aromatic rings. The highest BCUT2D eigenvalue weighted by molar-refractivity contribution is 7.09. The molecule has 4 aliphatic rings. The first kappa shape index (κ1) is 16.1. The lowest BCUT2D eigenvalue weighted by molar-refractivity contribution is -0.143. The van der Waals surface area contributed by atoms with Gasteiger partial charge in [-0.15, -0.1) is 11.3 Å². The van der Waals surface area contributed by atoms with Crippen LogP contribution in [0.25, 0.3) is 0 Å². The van der Waals surface area contributed by atoms with E-state index >= 15 is 0 Å². The van der Waals surface area contributed by atoms with Crippen LogP contribution in [0.15, 0.2) is 4.99 Å². The second-order valence-corrected chi connectivity index (χ2v) is 9.30. The molecular formula is C18H24N2O3S. The van der Waals surface area contributed by atoms with Crippen LogP contribution in [0.4, 0.5) is 0 Å². The van der Waals surface area contributed by atoms with E-state index in [1.807, 2.05) is 13.8 Å². The predicted molar refractivity (Wildman–Crippen MR) is 90.6 cm³/mol. The topological polar surface area (TPSA) is 71.7 Å². The molecule has 0 saturated heterocycles. The van der Waals surface area contributed by atoms with Crippen molar-refractivity contribution in [3.8, 4) is 0 Å². The smallest absolute Gasteiger partial charge is 0.323 e. The Bertz CT molecular complexity index is 738. The Hall–Kier alpha value is -1.43. The van der Waals surface area contributed by atoms with Crippen LogP contribution >= 0.6 is 11.3 Å². The van der Waals surface area contributed by atoms with E-state index in [-0.39, 0.29) is 17.9 Å². The molecule has 4 fully saturated rings. The molecular weight excluding hydrogens is 324 g/mol. The fraction of sp³-hybridized carbons (Fsp3) is 0.722. The molecule has 24 heavy (non-hydrogen) atoms. The molecule has 0 aromatic carbocycles. The number of nitrogens with zero attached hydrogens (tertiary/aromatic N) is 2. The molecule has 0 radical (unpaired) electrons. The van der Waals surface area contributed by atoms with Crippen molar-refractivity contribution in [2.45, 2.75) is 58.9 Å². The van der Waals surface area contributed by atoms with E-state index in [0.29, 0.717) is 22.6 Å². The zero-order valence-corrected chi connectivity index (χ0v) is 15.1. The number of carboxylic acid groups (broad SMARTS) is 1. The van der Waals surface area contributed by atoms with Crippen LogP contribution in [-0.4, -0.2) is 21.6 Å². The van der Waals surface area contributed by atoms with Gasteiger partial charge >= 0.3 is 5.97 Å². The zero-order chi connectivity index (χ0) is 17.1. The van der Waals surface area contributed by atoms with E-state index in [1.54, 1.807) is 4.57 Å². The Kier molecular flexibility index (Phi) is 3.71. The number of rotatable bonds is 3. The molecule has 1 amide bonds. The second kappa shape index (κ2) is 5.55. The first-order chi connectivity index (χ1) is 11.4. The van der Waals surface area contributed by atoms with Crippen LogP contribution in [0.5, 0.6) is 0 Å². The van der Waals surface area contributed by atoms with Gasteiger partial charge in [-0.1, -0.05) is 0 Å². The van der Waals surface area contributed by atoms with Gasteiger partial charge in [0.2, 0.25) is 0 Å². The Labute approximate surface area is 145 Å². The van der Waals surface area contributed by atoms with Crippen LogP contribution in [0.3, 0.4) is 0 Å². The molecule has 5 rings (SSSR count). The van der Waals surface area contributed by atoms with Crippen molar-refractivity contribution in [2.75, 3.05) is 0 Å². The highest BCUT2D eigenvalue weighted by Crippen LogP contribution is 2.60. The van der Waals surface area contributed by atoms with Crippen LogP contribution in [0.2, 0.25) is 0 Å². The molecule has 4 aliphatic carbocycles. The number of aryl methyl sites for hydroxylation is 1. The van der Waals surface area contributed by atoms with E-state index < -0.39 is 5.97 Å². The molecule has 5 nitrogen and oxygen atoms in total. The van der Waals surface area contributed by atoms with Gasteiger partial charge in [0.05, 0.1) is 5.41 Å². The highest BCUT2D eigenvalue weighted by Gasteiger charge is 2.54. The average molecular weight is 348 g/mol. The van der Waals surface area contributed by atoms with Gasteiger partial charge < -0.3 is 9.67 Å². The zero-order valence-electron chi connectivity index (χ0n) is 14.2. The van der Waals surface area contributed by atoms with Gasteiger partial charge in [0, 0.05) is 10.6 Å². The van der Waals surface area contributed by atoms with Gasteiger partial charge in [0.15, 0.2) is 4.80 Å². The molecule has 130 valence electrons. The van der Waals surface area contributed by atoms with Crippen molar-refractivity contribution < 1.29 is 14.7 Å². The van der Waals surface area contributed by atoms with E-state index in [0.717, 1.165) is 29.8 Å². The minimum Gasteiger partial charge on any atom is -0.480 e. The summed E-state index contributed by atoms with van der Waals surface area (Å²) in [6.45, 7) is 3.71. The number of aliphatic carboxylic acids is 1. The summed E-state index contributed by atoms with van der Waals surface area (Å²) >= 11 is 1.43. The van der Waals surface area contributed by atoms with Gasteiger partial charge in [-0.05, 0) is 70.1 Å². The average Bonchev–Trinajstić information content (AvgIpc) is 2.73. The maximum absolute atomic E-state index is 13.1. The molecule has 4 bridgehead atoms. The largest absolute Gasteiger partial charge is 0.480 e. The Balaban J connectivity index is 1.70. The SMILES string of the molecule is Cc1s/c(=N\C(=O)C23CC4CC(CC(C4)C2)C3)n(CC(=O)O)c1C. The summed E-state index contributed by atoms with van der Waals surface area (Å²) in [6.07, 6.45) is 6.85. The molecule has 0 unspecified atom stereocenters. The lowest BCUT2D eigenvalue weighted by Gasteiger charge is -2.55. The van der Waals surface area contributed by atoms with Gasteiger partial charge in [-0.25, -0.2) is 0 Å². The molecule has 6 heteroatoms. The minimum atomic E-state index is -0.903. The molecule has 1 N–H and O–H groups in total. The molecule has 0 atom stereocenters. The maximum atomic E-state index is 13.1. The van der Waals surface area contributed by atoms with Crippen LogP contribution < -0.4 is 4.80 Å². The number of hydrogen-bond acceptors (Lipinski definition) is 3. The third kappa shape index (κ3) is 2.55. The van der Waals surface area contributed by atoms with E-state index in [2.05, 4.69) is 4.99 Å². The van der Waals surface area contributed by atoms with Crippen molar-refractivity contribution in [1.82, 2.24) is 4.57 Å². The lowest BCUT2D eigenvalue weighted by Crippen LogP contribution is -2.50. The number of carbonyl (C=O) groups is 2. The molecule has 0 aliphatic heterocycles. The number of carboxylic acids is 1. The van der Waals surface area contributed by atoms with Crippen molar-refractivity contribution in [3.05, 3.63) is 15.4 Å². The molecule has 0 spiro atoms. The second-order valence-electron chi connectivity index (χ2n) is 8.12. The number of carbonyl (C=O) groups excluding carboxylic acids is 1. The van der Waals surface area contributed by atoms with E-state index in [1.165, 1.54) is 30.6 Å². The first-order valence-electron chi connectivity index (χ1n) is 8.84. The quantitative estimate of drug-likeness (QED) is 0.913. The highest BCUT2D eigenvalue weighted by atomic mass is 32.1. The number of hydrogen-bond donors (Lipinski definition) is 1. The van der Waals surface area contributed by atoms with Crippen molar-refractivity contribution in [1.29, 1.82) is 0 Å². The fourth-order valence-electron chi connectivity index (χ4n) is 5.58. The van der Waals surface area contributed by atoms with Gasteiger partial charge in [-0.2, -0.15) is 4.99 Å². The third-order valence-corrected chi connectivity index (χ3v) is 7.47. The van der Waals surface area contributed by atoms with Crippen molar-refractivity contribution >= 4 is 23.2 Å². The molecule has 1 aromatic heterocycles. The van der Waals surface area contributed by atoms with Crippen LogP contribution in [0, 0.1) is 37.0 Å². The Morgan fingerprint density at radius 2 is 1.71 bits per heavy atom. The lowest BCUT2D eigenvalue weighted by atomic mass is 9.49. The summed E-state index contributed by atoms with van der Waals surface area (Å²) in [5.41, 5.74) is 0.626. The summed E-state index contributed by atoms with van der Waals surface area (Å²) in [5.74, 6) is 1.21.